The van der Waals surface area contributed by atoms with Gasteiger partial charge < -0.3 is 4.90 Å². The van der Waals surface area contributed by atoms with E-state index in [1.165, 1.54) is 4.90 Å². The molecule has 3 heterocycles. The molecule has 1 saturated heterocycles. The number of anilines is 1. The fourth-order valence-electron chi connectivity index (χ4n) is 3.28. The van der Waals surface area contributed by atoms with E-state index in [0.717, 1.165) is 17.1 Å². The molecule has 28 heavy (non-hydrogen) atoms. The molecule has 1 N–H and O–H groups in total. The first-order valence-electron chi connectivity index (χ1n) is 9.08. The summed E-state index contributed by atoms with van der Waals surface area (Å²) in [5.74, 6) is 0.322. The Hall–Kier alpha value is -3.29. The van der Waals surface area contributed by atoms with Crippen LogP contribution >= 0.6 is 0 Å². The van der Waals surface area contributed by atoms with Gasteiger partial charge in [0.25, 0.3) is 5.91 Å². The van der Waals surface area contributed by atoms with Crippen molar-refractivity contribution in [2.24, 2.45) is 0 Å². The second-order valence-corrected chi connectivity index (χ2v) is 8.06. The van der Waals surface area contributed by atoms with Crippen LogP contribution in [0.15, 0.2) is 30.5 Å². The maximum atomic E-state index is 12.9. The molecular formula is C20H21N5O3. The first-order chi connectivity index (χ1) is 13.2. The molecule has 0 saturated carbocycles. The van der Waals surface area contributed by atoms with Crippen molar-refractivity contribution in [2.45, 2.75) is 39.3 Å². The lowest BCUT2D eigenvalue weighted by Gasteiger charge is -2.17. The van der Waals surface area contributed by atoms with E-state index in [0.29, 0.717) is 24.3 Å². The highest BCUT2D eigenvalue weighted by Crippen LogP contribution is 2.26. The zero-order valence-electron chi connectivity index (χ0n) is 16.0. The van der Waals surface area contributed by atoms with Crippen molar-refractivity contribution in [1.29, 1.82) is 0 Å². The van der Waals surface area contributed by atoms with Crippen LogP contribution in [0.3, 0.4) is 0 Å². The molecule has 0 unspecified atom stereocenters. The highest BCUT2D eigenvalue weighted by atomic mass is 16.2. The SMILES string of the molecule is CC(C)(C)c1ncc2c(n1)CN(C(=O)c1ccc(N3CC(=O)NC3=O)cc1)C2. The third kappa shape index (κ3) is 3.21. The van der Waals surface area contributed by atoms with Gasteiger partial charge in [-0.3, -0.25) is 19.8 Å². The summed E-state index contributed by atoms with van der Waals surface area (Å²) in [6.45, 7) is 7.09. The summed E-state index contributed by atoms with van der Waals surface area (Å²) in [6, 6.07) is 6.23. The summed E-state index contributed by atoms with van der Waals surface area (Å²) in [5, 5.41) is 2.23. The minimum absolute atomic E-state index is 0.0116. The Morgan fingerprint density at radius 3 is 2.39 bits per heavy atom. The summed E-state index contributed by atoms with van der Waals surface area (Å²) in [7, 11) is 0. The van der Waals surface area contributed by atoms with Crippen molar-refractivity contribution in [3.05, 3.63) is 53.1 Å². The second kappa shape index (κ2) is 6.40. The molecule has 4 amide bonds. The maximum absolute atomic E-state index is 12.9. The Labute approximate surface area is 162 Å². The van der Waals surface area contributed by atoms with Gasteiger partial charge in [0, 0.05) is 35.0 Å². The average molecular weight is 379 g/mol. The second-order valence-electron chi connectivity index (χ2n) is 8.06. The number of imide groups is 1. The predicted molar refractivity (Wildman–Crippen MR) is 102 cm³/mol. The fraction of sp³-hybridized carbons (Fsp3) is 0.350. The van der Waals surface area contributed by atoms with E-state index in [-0.39, 0.29) is 23.8 Å². The predicted octanol–water partition coefficient (Wildman–Crippen LogP) is 1.99. The molecule has 1 aromatic carbocycles. The summed E-state index contributed by atoms with van der Waals surface area (Å²) >= 11 is 0. The maximum Gasteiger partial charge on any atom is 0.329 e. The van der Waals surface area contributed by atoms with Crippen molar-refractivity contribution >= 4 is 23.5 Å². The standard InChI is InChI=1S/C20H21N5O3/c1-20(2,3)18-21-8-13-9-24(10-15(13)22-18)17(27)12-4-6-14(7-5-12)25-11-16(26)23-19(25)28/h4-8H,9-11H2,1-3H3,(H,23,26,28). The molecule has 0 bridgehead atoms. The number of hydrogen-bond acceptors (Lipinski definition) is 5. The highest BCUT2D eigenvalue weighted by molar-refractivity contribution is 6.12. The molecule has 2 aliphatic rings. The first kappa shape index (κ1) is 18.1. The van der Waals surface area contributed by atoms with Gasteiger partial charge in [0.1, 0.15) is 12.4 Å². The number of amides is 4. The molecule has 0 spiro atoms. The van der Waals surface area contributed by atoms with Crippen LogP contribution in [0, 0.1) is 0 Å². The van der Waals surface area contributed by atoms with E-state index in [1.54, 1.807) is 29.2 Å². The van der Waals surface area contributed by atoms with Crippen molar-refractivity contribution in [3.8, 4) is 0 Å². The molecule has 0 aliphatic carbocycles. The van der Waals surface area contributed by atoms with Crippen LogP contribution in [0.25, 0.3) is 0 Å². The first-order valence-corrected chi connectivity index (χ1v) is 9.08. The smallest absolute Gasteiger partial charge is 0.328 e. The van der Waals surface area contributed by atoms with Crippen molar-refractivity contribution < 1.29 is 14.4 Å². The Kier molecular flexibility index (Phi) is 4.14. The highest BCUT2D eigenvalue weighted by Gasteiger charge is 2.30. The number of nitrogens with one attached hydrogen (secondary N) is 1. The Balaban J connectivity index is 1.49. The minimum Gasteiger partial charge on any atom is -0.328 e. The summed E-state index contributed by atoms with van der Waals surface area (Å²) < 4.78 is 0. The number of hydrogen-bond donors (Lipinski definition) is 1. The number of aromatic nitrogens is 2. The molecule has 2 aromatic rings. The van der Waals surface area contributed by atoms with Gasteiger partial charge in [-0.2, -0.15) is 0 Å². The number of nitrogens with zero attached hydrogens (tertiary/aromatic N) is 4. The van der Waals surface area contributed by atoms with Crippen LogP contribution in [-0.4, -0.2) is 39.3 Å². The van der Waals surface area contributed by atoms with E-state index in [9.17, 15) is 14.4 Å². The topological polar surface area (TPSA) is 95.5 Å². The number of carbonyl (C=O) groups is 3. The van der Waals surface area contributed by atoms with Gasteiger partial charge in [-0.1, -0.05) is 20.8 Å². The molecule has 144 valence electrons. The average Bonchev–Trinajstić information content (AvgIpc) is 3.22. The minimum atomic E-state index is -0.452. The van der Waals surface area contributed by atoms with Crippen LogP contribution in [-0.2, 0) is 23.3 Å². The third-order valence-electron chi connectivity index (χ3n) is 4.83. The summed E-state index contributed by atoms with van der Waals surface area (Å²) in [4.78, 5) is 48.1. The molecular weight excluding hydrogens is 358 g/mol. The van der Waals surface area contributed by atoms with Crippen LogP contribution in [0.1, 0.15) is 48.2 Å². The van der Waals surface area contributed by atoms with Crippen LogP contribution < -0.4 is 10.2 Å². The van der Waals surface area contributed by atoms with Crippen LogP contribution in [0.2, 0.25) is 0 Å². The number of carbonyl (C=O) groups excluding carboxylic acids is 3. The summed E-state index contributed by atoms with van der Waals surface area (Å²) in [6.07, 6.45) is 1.81. The normalized spacial score (nSPS) is 16.4. The zero-order valence-corrected chi connectivity index (χ0v) is 16.0. The quantitative estimate of drug-likeness (QED) is 0.805. The molecule has 1 aromatic heterocycles. The van der Waals surface area contributed by atoms with Gasteiger partial charge >= 0.3 is 6.03 Å². The molecule has 8 heteroatoms. The van der Waals surface area contributed by atoms with Gasteiger partial charge in [0.05, 0.1) is 12.2 Å². The molecule has 8 nitrogen and oxygen atoms in total. The van der Waals surface area contributed by atoms with E-state index < -0.39 is 6.03 Å². The van der Waals surface area contributed by atoms with E-state index in [1.807, 2.05) is 6.20 Å². The Bertz CT molecular complexity index is 978. The van der Waals surface area contributed by atoms with Gasteiger partial charge in [0.2, 0.25) is 5.91 Å². The van der Waals surface area contributed by atoms with Crippen LogP contribution in [0.4, 0.5) is 10.5 Å². The third-order valence-corrected chi connectivity index (χ3v) is 4.83. The molecule has 1 fully saturated rings. The number of fused-ring (bicyclic) bond motifs is 1. The van der Waals surface area contributed by atoms with Crippen molar-refractivity contribution in [3.63, 3.8) is 0 Å². The molecule has 2 aliphatic heterocycles. The fourth-order valence-corrected chi connectivity index (χ4v) is 3.28. The number of urea groups is 1. The monoisotopic (exact) mass is 379 g/mol. The largest absolute Gasteiger partial charge is 0.329 e. The Morgan fingerprint density at radius 2 is 1.79 bits per heavy atom. The zero-order chi connectivity index (χ0) is 20.1. The lowest BCUT2D eigenvalue weighted by Crippen LogP contribution is -2.28. The van der Waals surface area contributed by atoms with Gasteiger partial charge in [-0.05, 0) is 24.3 Å². The van der Waals surface area contributed by atoms with Crippen molar-refractivity contribution in [1.82, 2.24) is 20.2 Å². The van der Waals surface area contributed by atoms with E-state index >= 15 is 0 Å². The Morgan fingerprint density at radius 1 is 1.07 bits per heavy atom. The van der Waals surface area contributed by atoms with Gasteiger partial charge in [0.15, 0.2) is 0 Å². The van der Waals surface area contributed by atoms with Gasteiger partial charge in [-0.15, -0.1) is 0 Å². The lowest BCUT2D eigenvalue weighted by atomic mass is 9.95. The molecule has 0 atom stereocenters. The van der Waals surface area contributed by atoms with Gasteiger partial charge in [-0.25, -0.2) is 14.8 Å². The van der Waals surface area contributed by atoms with Crippen molar-refractivity contribution in [2.75, 3.05) is 11.4 Å². The molecule has 0 radical (unpaired) electrons. The number of rotatable bonds is 2. The molecule has 4 rings (SSSR count). The van der Waals surface area contributed by atoms with E-state index in [4.69, 9.17) is 0 Å². The lowest BCUT2D eigenvalue weighted by molar-refractivity contribution is -0.117. The summed E-state index contributed by atoms with van der Waals surface area (Å²) in [5.41, 5.74) is 2.80. The van der Waals surface area contributed by atoms with E-state index in [2.05, 4.69) is 36.1 Å². The van der Waals surface area contributed by atoms with Crippen LogP contribution in [0.5, 0.6) is 0 Å². The number of benzene rings is 1.